The molecule has 41 heavy (non-hydrogen) atoms. The van der Waals surface area contributed by atoms with Gasteiger partial charge in [0.25, 0.3) is 5.91 Å². The summed E-state index contributed by atoms with van der Waals surface area (Å²) < 4.78 is 0. The minimum Gasteiger partial charge on any atom is -0.384 e. The highest BCUT2D eigenvalue weighted by atomic mass is 16.2. The lowest BCUT2D eigenvalue weighted by Crippen LogP contribution is -2.70. The van der Waals surface area contributed by atoms with Crippen molar-refractivity contribution < 1.29 is 14.4 Å². The lowest BCUT2D eigenvalue weighted by molar-refractivity contribution is -0.156. The minimum atomic E-state index is -1.01. The number of hydrogen-bond acceptors (Lipinski definition) is 6. The Morgan fingerprint density at radius 1 is 0.951 bits per heavy atom. The number of rotatable bonds is 7. The minimum absolute atomic E-state index is 0.245. The van der Waals surface area contributed by atoms with Gasteiger partial charge in [0.05, 0.1) is 12.0 Å². The quantitative estimate of drug-likeness (QED) is 0.334. The maximum atomic E-state index is 13.9. The van der Waals surface area contributed by atoms with Crippen molar-refractivity contribution in [1.29, 1.82) is 0 Å². The molecule has 1 fully saturated rings. The largest absolute Gasteiger partial charge is 0.384 e. The summed E-state index contributed by atoms with van der Waals surface area (Å²) in [6.45, 7) is 3.97. The number of urea groups is 1. The smallest absolute Gasteiger partial charge is 0.325 e. The molecule has 4 aromatic rings. The van der Waals surface area contributed by atoms with Gasteiger partial charge in [-0.25, -0.2) is 9.78 Å². The molecule has 3 heterocycles. The third-order valence-electron chi connectivity index (χ3n) is 7.39. The second-order valence-electron chi connectivity index (χ2n) is 10.4. The van der Waals surface area contributed by atoms with Crippen LogP contribution < -0.4 is 16.0 Å². The molecule has 2 aromatic heterocycles. The fourth-order valence-electron chi connectivity index (χ4n) is 5.28. The van der Waals surface area contributed by atoms with Gasteiger partial charge in [-0.15, -0.1) is 0 Å². The summed E-state index contributed by atoms with van der Waals surface area (Å²) in [7, 11) is 1.63. The summed E-state index contributed by atoms with van der Waals surface area (Å²) >= 11 is 0. The van der Waals surface area contributed by atoms with Gasteiger partial charge < -0.3 is 16.0 Å². The Hall–Kier alpha value is -5.05. The number of pyridine rings is 2. The fourth-order valence-corrected chi connectivity index (χ4v) is 5.28. The lowest BCUT2D eigenvalue weighted by atomic mass is 9.81. The number of aromatic nitrogens is 2. The number of carbonyl (C=O) groups excluding carboxylic acids is 3. The Morgan fingerprint density at radius 2 is 1.59 bits per heavy atom. The SMILES string of the molecule is Cc1cccc(C(NC(=O)N2C(=O)C(Cc3ccnc(N)c3)[C@H]2C(=O)N(C)c2ccncc2)c2cccc(C)c2)c1. The molecule has 9 nitrogen and oxygen atoms in total. The van der Waals surface area contributed by atoms with Crippen LogP contribution in [0.5, 0.6) is 0 Å². The van der Waals surface area contributed by atoms with Crippen molar-refractivity contribution >= 4 is 29.4 Å². The number of hydrogen-bond donors (Lipinski definition) is 2. The number of likely N-dealkylation sites (N-methyl/N-ethyl adjacent to an activating group) is 1. The van der Waals surface area contributed by atoms with Gasteiger partial charge in [0.1, 0.15) is 11.9 Å². The van der Waals surface area contributed by atoms with Crippen LogP contribution >= 0.6 is 0 Å². The molecular formula is C32H32N6O3. The Bertz CT molecular complexity index is 1550. The molecule has 208 valence electrons. The summed E-state index contributed by atoms with van der Waals surface area (Å²) in [6, 6.07) is 20.4. The van der Waals surface area contributed by atoms with E-state index in [1.165, 1.54) is 4.90 Å². The predicted molar refractivity (Wildman–Crippen MR) is 157 cm³/mol. The van der Waals surface area contributed by atoms with Gasteiger partial charge in [-0.05, 0) is 61.2 Å². The van der Waals surface area contributed by atoms with Gasteiger partial charge in [-0.2, -0.15) is 0 Å². The number of imide groups is 1. The predicted octanol–water partition coefficient (Wildman–Crippen LogP) is 4.21. The first kappa shape index (κ1) is 27.5. The molecule has 2 atom stereocenters. The normalized spacial score (nSPS) is 16.3. The third-order valence-corrected chi connectivity index (χ3v) is 7.39. The molecule has 2 aromatic carbocycles. The molecule has 1 aliphatic rings. The van der Waals surface area contributed by atoms with E-state index in [4.69, 9.17) is 5.73 Å². The molecule has 0 bridgehead atoms. The standard InChI is InChI=1S/C32H32N6O3/c1-20-6-4-8-23(16-20)28(24-9-5-7-21(2)17-24)36-32(41)38-29(31(40)37(3)25-11-13-34-14-12-25)26(30(38)39)18-22-10-15-35-27(33)19-22/h4-17,19,26,28-29H,18H2,1-3H3,(H2,33,35)(H,36,41)/t26?,29-/m0/s1. The maximum Gasteiger partial charge on any atom is 0.325 e. The van der Waals surface area contributed by atoms with Crippen LogP contribution in [0.4, 0.5) is 16.3 Å². The van der Waals surface area contributed by atoms with Crippen LogP contribution in [0.2, 0.25) is 0 Å². The van der Waals surface area contributed by atoms with Crippen molar-refractivity contribution in [1.82, 2.24) is 20.2 Å². The number of benzene rings is 2. The molecule has 0 saturated carbocycles. The number of nitrogen functional groups attached to an aromatic ring is 1. The van der Waals surface area contributed by atoms with Crippen molar-refractivity contribution in [2.75, 3.05) is 17.7 Å². The van der Waals surface area contributed by atoms with Crippen molar-refractivity contribution in [3.63, 3.8) is 0 Å². The number of amides is 4. The van der Waals surface area contributed by atoms with E-state index in [0.29, 0.717) is 11.5 Å². The highest BCUT2D eigenvalue weighted by molar-refractivity contribution is 6.12. The number of aryl methyl sites for hydroxylation is 2. The van der Waals surface area contributed by atoms with E-state index in [1.807, 2.05) is 62.4 Å². The third kappa shape index (κ3) is 5.79. The molecule has 0 aliphatic carbocycles. The number of nitrogens with one attached hydrogen (secondary N) is 1. The van der Waals surface area contributed by atoms with Gasteiger partial charge in [-0.3, -0.25) is 19.5 Å². The highest BCUT2D eigenvalue weighted by Gasteiger charge is 2.55. The Morgan fingerprint density at radius 3 is 2.17 bits per heavy atom. The van der Waals surface area contributed by atoms with Crippen LogP contribution in [-0.4, -0.2) is 45.8 Å². The molecule has 9 heteroatoms. The van der Waals surface area contributed by atoms with E-state index in [9.17, 15) is 14.4 Å². The van der Waals surface area contributed by atoms with E-state index in [0.717, 1.165) is 32.7 Å². The zero-order chi connectivity index (χ0) is 29.1. The summed E-state index contributed by atoms with van der Waals surface area (Å²) in [5.74, 6) is -1.22. The maximum absolute atomic E-state index is 13.9. The Labute approximate surface area is 239 Å². The van der Waals surface area contributed by atoms with Crippen LogP contribution in [0.15, 0.2) is 91.4 Å². The zero-order valence-electron chi connectivity index (χ0n) is 23.2. The Balaban J connectivity index is 1.47. The van der Waals surface area contributed by atoms with Gasteiger partial charge in [-0.1, -0.05) is 59.7 Å². The number of β-lactam (4-membered cyclic amide) rings is 1. The average molecular weight is 549 g/mol. The monoisotopic (exact) mass is 548 g/mol. The first-order chi connectivity index (χ1) is 19.7. The second kappa shape index (κ2) is 11.6. The fraction of sp³-hybridized carbons (Fsp3) is 0.219. The van der Waals surface area contributed by atoms with E-state index < -0.39 is 29.9 Å². The molecule has 1 unspecified atom stereocenters. The average Bonchev–Trinajstić information content (AvgIpc) is 2.97. The van der Waals surface area contributed by atoms with Crippen molar-refractivity contribution in [2.45, 2.75) is 32.4 Å². The summed E-state index contributed by atoms with van der Waals surface area (Å²) in [5.41, 5.74) is 11.1. The first-order valence-corrected chi connectivity index (χ1v) is 13.4. The van der Waals surface area contributed by atoms with Crippen LogP contribution in [0, 0.1) is 19.8 Å². The molecule has 4 amide bonds. The molecule has 5 rings (SSSR count). The van der Waals surface area contributed by atoms with Crippen molar-refractivity contribution in [3.05, 3.63) is 119 Å². The number of anilines is 2. The van der Waals surface area contributed by atoms with E-state index in [-0.39, 0.29) is 12.3 Å². The molecule has 0 radical (unpaired) electrons. The topological polar surface area (TPSA) is 122 Å². The lowest BCUT2D eigenvalue weighted by Gasteiger charge is -2.46. The molecule has 3 N–H and O–H groups in total. The second-order valence-corrected chi connectivity index (χ2v) is 10.4. The van der Waals surface area contributed by atoms with E-state index >= 15 is 0 Å². The Kier molecular flexibility index (Phi) is 7.78. The van der Waals surface area contributed by atoms with Crippen molar-refractivity contribution in [3.8, 4) is 0 Å². The number of likely N-dealkylation sites (tertiary alicyclic amines) is 1. The van der Waals surface area contributed by atoms with Crippen molar-refractivity contribution in [2.24, 2.45) is 5.92 Å². The first-order valence-electron chi connectivity index (χ1n) is 13.4. The van der Waals surface area contributed by atoms with Gasteiger partial charge in [0.2, 0.25) is 5.91 Å². The van der Waals surface area contributed by atoms with Gasteiger partial charge in [0.15, 0.2) is 0 Å². The zero-order valence-corrected chi connectivity index (χ0v) is 23.2. The number of carbonyl (C=O) groups is 3. The van der Waals surface area contributed by atoms with Crippen LogP contribution in [-0.2, 0) is 16.0 Å². The molecule has 1 saturated heterocycles. The summed E-state index contributed by atoms with van der Waals surface area (Å²) in [4.78, 5) is 51.8. The van der Waals surface area contributed by atoms with Gasteiger partial charge in [0, 0.05) is 31.3 Å². The van der Waals surface area contributed by atoms with E-state index in [1.54, 1.807) is 49.9 Å². The highest BCUT2D eigenvalue weighted by Crippen LogP contribution is 2.34. The number of nitrogens with zero attached hydrogens (tertiary/aromatic N) is 4. The van der Waals surface area contributed by atoms with Gasteiger partial charge >= 0.3 is 6.03 Å². The molecule has 1 aliphatic heterocycles. The molecule has 0 spiro atoms. The van der Waals surface area contributed by atoms with E-state index in [2.05, 4.69) is 15.3 Å². The summed E-state index contributed by atoms with van der Waals surface area (Å²) in [6.07, 6.45) is 4.98. The number of nitrogens with two attached hydrogens (primary N) is 1. The van der Waals surface area contributed by atoms with Crippen LogP contribution in [0.1, 0.15) is 33.9 Å². The summed E-state index contributed by atoms with van der Waals surface area (Å²) in [5, 5.41) is 3.05. The molecular weight excluding hydrogens is 516 g/mol. The van der Waals surface area contributed by atoms with Crippen LogP contribution in [0.25, 0.3) is 0 Å². The van der Waals surface area contributed by atoms with Crippen LogP contribution in [0.3, 0.4) is 0 Å².